The van der Waals surface area contributed by atoms with Crippen molar-refractivity contribution in [2.45, 2.75) is 26.4 Å². The molecule has 0 saturated carbocycles. The molecule has 3 aromatic rings. The van der Waals surface area contributed by atoms with E-state index in [0.29, 0.717) is 46.9 Å². The molecule has 3 aromatic carbocycles. The second kappa shape index (κ2) is 8.62. The lowest BCUT2D eigenvalue weighted by atomic mass is 10.0. The normalized spacial score (nSPS) is 16.5. The summed E-state index contributed by atoms with van der Waals surface area (Å²) in [6.45, 7) is 3.79. The zero-order chi connectivity index (χ0) is 22.2. The first kappa shape index (κ1) is 21.1. The van der Waals surface area contributed by atoms with E-state index in [4.69, 9.17) is 32.7 Å². The summed E-state index contributed by atoms with van der Waals surface area (Å²) in [6.07, 6.45) is 2.77. The predicted octanol–water partition coefficient (Wildman–Crippen LogP) is 6.52. The summed E-state index contributed by atoms with van der Waals surface area (Å²) in [5.74, 6) is 1.56. The van der Waals surface area contributed by atoms with Gasteiger partial charge in [-0.1, -0.05) is 60.5 Å². The molecule has 2 aliphatic heterocycles. The van der Waals surface area contributed by atoms with Crippen LogP contribution in [0, 0.1) is 0 Å². The van der Waals surface area contributed by atoms with E-state index < -0.39 is 0 Å². The Morgan fingerprint density at radius 1 is 1.00 bits per heavy atom. The summed E-state index contributed by atoms with van der Waals surface area (Å²) < 4.78 is 12.0. The maximum atomic E-state index is 13.0. The van der Waals surface area contributed by atoms with Crippen molar-refractivity contribution in [2.75, 3.05) is 6.73 Å². The van der Waals surface area contributed by atoms with Gasteiger partial charge in [0.15, 0.2) is 5.76 Å². The van der Waals surface area contributed by atoms with Gasteiger partial charge in [0.2, 0.25) is 5.78 Å². The molecule has 32 heavy (non-hydrogen) atoms. The van der Waals surface area contributed by atoms with Crippen LogP contribution in [0.1, 0.15) is 39.5 Å². The summed E-state index contributed by atoms with van der Waals surface area (Å²) in [5.41, 5.74) is 4.67. The second-order valence-electron chi connectivity index (χ2n) is 7.96. The van der Waals surface area contributed by atoms with Crippen LogP contribution in [0.2, 0.25) is 10.0 Å². The highest BCUT2D eigenvalue weighted by atomic mass is 35.5. The molecule has 0 N–H and O–H groups in total. The van der Waals surface area contributed by atoms with Crippen molar-refractivity contribution in [2.24, 2.45) is 0 Å². The summed E-state index contributed by atoms with van der Waals surface area (Å²) in [4.78, 5) is 15.1. The molecule has 0 saturated heterocycles. The Morgan fingerprint density at radius 3 is 2.53 bits per heavy atom. The van der Waals surface area contributed by atoms with Gasteiger partial charge in [0, 0.05) is 13.1 Å². The average Bonchev–Trinajstić information content (AvgIpc) is 3.12. The van der Waals surface area contributed by atoms with E-state index in [2.05, 4.69) is 24.0 Å². The number of halogens is 2. The van der Waals surface area contributed by atoms with E-state index in [9.17, 15) is 4.79 Å². The van der Waals surface area contributed by atoms with Crippen LogP contribution in [0.3, 0.4) is 0 Å². The standard InChI is InChI=1S/C26H21Cl2NO3/c1-2-16-3-5-17(6-4-16)12-24-25(30)19-8-10-23-20(26(19)32-24)14-29(15-31-23)13-18-7-9-21(27)22(28)11-18/h3-12H,2,13-15H2,1H3/b24-12-. The fourth-order valence-electron chi connectivity index (χ4n) is 4.00. The lowest BCUT2D eigenvalue weighted by Crippen LogP contribution is -2.31. The third-order valence-electron chi connectivity index (χ3n) is 5.76. The quantitative estimate of drug-likeness (QED) is 0.410. The van der Waals surface area contributed by atoms with Crippen molar-refractivity contribution in [1.29, 1.82) is 0 Å². The van der Waals surface area contributed by atoms with Crippen molar-refractivity contribution in [3.05, 3.63) is 98.2 Å². The van der Waals surface area contributed by atoms with E-state index in [1.807, 2.05) is 30.3 Å². The van der Waals surface area contributed by atoms with Crippen molar-refractivity contribution in [3.63, 3.8) is 0 Å². The first-order chi connectivity index (χ1) is 15.5. The highest BCUT2D eigenvalue weighted by Gasteiger charge is 2.33. The van der Waals surface area contributed by atoms with Crippen LogP contribution < -0.4 is 9.47 Å². The minimum absolute atomic E-state index is 0.107. The number of hydrogen-bond donors (Lipinski definition) is 0. The second-order valence-corrected chi connectivity index (χ2v) is 8.78. The molecule has 0 unspecified atom stereocenters. The Bertz CT molecular complexity index is 1230. The highest BCUT2D eigenvalue weighted by molar-refractivity contribution is 6.42. The Balaban J connectivity index is 1.39. The first-order valence-electron chi connectivity index (χ1n) is 10.5. The molecule has 0 spiro atoms. The number of nitrogens with zero attached hydrogens (tertiary/aromatic N) is 1. The van der Waals surface area contributed by atoms with Crippen LogP contribution in [0.15, 0.2) is 60.4 Å². The third-order valence-corrected chi connectivity index (χ3v) is 6.50. The number of carbonyl (C=O) groups excluding carboxylic acids is 1. The molecule has 0 aliphatic carbocycles. The third kappa shape index (κ3) is 4.02. The zero-order valence-corrected chi connectivity index (χ0v) is 19.0. The molecule has 2 heterocycles. The number of ether oxygens (including phenoxy) is 2. The van der Waals surface area contributed by atoms with Gasteiger partial charge in [0.25, 0.3) is 0 Å². The van der Waals surface area contributed by atoms with Gasteiger partial charge in [-0.3, -0.25) is 9.69 Å². The van der Waals surface area contributed by atoms with Crippen LogP contribution in [-0.2, 0) is 19.5 Å². The van der Waals surface area contributed by atoms with Crippen molar-refractivity contribution in [1.82, 2.24) is 4.90 Å². The van der Waals surface area contributed by atoms with E-state index in [-0.39, 0.29) is 5.78 Å². The smallest absolute Gasteiger partial charge is 0.231 e. The number of Topliss-reactive ketones (excluding diaryl/α,β-unsaturated/α-hetero) is 1. The lowest BCUT2D eigenvalue weighted by Gasteiger charge is -2.29. The minimum atomic E-state index is -0.107. The molecule has 0 atom stereocenters. The van der Waals surface area contributed by atoms with Crippen LogP contribution in [0.25, 0.3) is 6.08 Å². The summed E-state index contributed by atoms with van der Waals surface area (Å²) in [6, 6.07) is 17.4. The van der Waals surface area contributed by atoms with Crippen LogP contribution >= 0.6 is 23.2 Å². The predicted molar refractivity (Wildman–Crippen MR) is 126 cm³/mol. The molecular weight excluding hydrogens is 445 g/mol. The lowest BCUT2D eigenvalue weighted by molar-refractivity contribution is 0.0873. The molecule has 0 fully saturated rings. The summed E-state index contributed by atoms with van der Waals surface area (Å²) >= 11 is 12.2. The molecule has 2 aliphatic rings. The fraction of sp³-hybridized carbons (Fsp3) is 0.192. The van der Waals surface area contributed by atoms with Crippen LogP contribution in [0.4, 0.5) is 0 Å². The molecule has 6 heteroatoms. The van der Waals surface area contributed by atoms with Gasteiger partial charge in [-0.05, 0) is 53.5 Å². The number of hydrogen-bond acceptors (Lipinski definition) is 4. The molecule has 0 bridgehead atoms. The van der Waals surface area contributed by atoms with E-state index in [1.165, 1.54) is 5.56 Å². The number of carbonyl (C=O) groups is 1. The molecular formula is C26H21Cl2NO3. The van der Waals surface area contributed by atoms with Gasteiger partial charge in [0.1, 0.15) is 18.2 Å². The first-order valence-corrected chi connectivity index (χ1v) is 11.3. The van der Waals surface area contributed by atoms with E-state index >= 15 is 0 Å². The number of allylic oxidation sites excluding steroid dienone is 1. The molecule has 4 nitrogen and oxygen atoms in total. The largest absolute Gasteiger partial charge is 0.478 e. The highest BCUT2D eigenvalue weighted by Crippen LogP contribution is 2.42. The van der Waals surface area contributed by atoms with Gasteiger partial charge in [-0.15, -0.1) is 0 Å². The van der Waals surface area contributed by atoms with Crippen molar-refractivity contribution < 1.29 is 14.3 Å². The Hall–Kier alpha value is -2.79. The molecule has 0 aromatic heterocycles. The number of ketones is 1. The van der Waals surface area contributed by atoms with Crippen LogP contribution in [0.5, 0.6) is 11.5 Å². The van der Waals surface area contributed by atoms with Gasteiger partial charge >= 0.3 is 0 Å². The molecule has 162 valence electrons. The summed E-state index contributed by atoms with van der Waals surface area (Å²) in [7, 11) is 0. The monoisotopic (exact) mass is 465 g/mol. The zero-order valence-electron chi connectivity index (χ0n) is 17.5. The number of rotatable bonds is 4. The van der Waals surface area contributed by atoms with Gasteiger partial charge in [-0.25, -0.2) is 0 Å². The number of fused-ring (bicyclic) bond motifs is 3. The Morgan fingerprint density at radius 2 is 1.78 bits per heavy atom. The Kier molecular flexibility index (Phi) is 5.68. The topological polar surface area (TPSA) is 38.8 Å². The van der Waals surface area contributed by atoms with Gasteiger partial charge in [-0.2, -0.15) is 0 Å². The van der Waals surface area contributed by atoms with Gasteiger partial charge in [0.05, 0.1) is 21.2 Å². The van der Waals surface area contributed by atoms with E-state index in [1.54, 1.807) is 18.2 Å². The maximum absolute atomic E-state index is 13.0. The molecule has 0 amide bonds. The van der Waals surface area contributed by atoms with Gasteiger partial charge < -0.3 is 9.47 Å². The average molecular weight is 466 g/mol. The van der Waals surface area contributed by atoms with Crippen molar-refractivity contribution >= 4 is 35.1 Å². The molecule has 5 rings (SSSR count). The van der Waals surface area contributed by atoms with Crippen molar-refractivity contribution in [3.8, 4) is 11.5 Å². The van der Waals surface area contributed by atoms with Crippen LogP contribution in [-0.4, -0.2) is 17.4 Å². The van der Waals surface area contributed by atoms with E-state index in [0.717, 1.165) is 28.9 Å². The summed E-state index contributed by atoms with van der Waals surface area (Å²) in [5, 5.41) is 1.06. The fourth-order valence-corrected chi connectivity index (χ4v) is 4.32. The Labute approximate surface area is 197 Å². The minimum Gasteiger partial charge on any atom is -0.478 e. The number of benzene rings is 3. The number of aryl methyl sites for hydroxylation is 1. The SMILES string of the molecule is CCc1ccc(/C=C2\Oc3c(ccc4c3CN(Cc3ccc(Cl)c(Cl)c3)CO4)C2=O)cc1. The molecule has 0 radical (unpaired) electrons. The maximum Gasteiger partial charge on any atom is 0.231 e.